The highest BCUT2D eigenvalue weighted by molar-refractivity contribution is 7.90. The lowest BCUT2D eigenvalue weighted by Gasteiger charge is -2.10. The Labute approximate surface area is 186 Å². The molecule has 1 atom stereocenters. The van der Waals surface area contributed by atoms with Gasteiger partial charge in [-0.15, -0.1) is 0 Å². The third-order valence-electron chi connectivity index (χ3n) is 4.31. The number of carbonyl (C=O) groups excluding carboxylic acids is 3. The summed E-state index contributed by atoms with van der Waals surface area (Å²) in [4.78, 5) is 38.5. The number of sulfonamides is 1. The molecule has 0 bridgehead atoms. The quantitative estimate of drug-likeness (QED) is 0.539. The van der Waals surface area contributed by atoms with E-state index in [9.17, 15) is 22.8 Å². The van der Waals surface area contributed by atoms with E-state index in [1.54, 1.807) is 19.1 Å². The molecule has 1 heterocycles. The van der Waals surface area contributed by atoms with Crippen LogP contribution in [0.2, 0.25) is 0 Å². The molecule has 2 aromatic rings. The van der Waals surface area contributed by atoms with E-state index >= 15 is 0 Å². The summed E-state index contributed by atoms with van der Waals surface area (Å²) in [5.74, 6) is -1.12. The number of rotatable bonds is 9. The minimum atomic E-state index is -4.11. The van der Waals surface area contributed by atoms with Crippen molar-refractivity contribution >= 4 is 28.0 Å². The number of aromatic nitrogens is 1. The van der Waals surface area contributed by atoms with E-state index < -0.39 is 22.1 Å². The van der Waals surface area contributed by atoms with Crippen LogP contribution in [0.5, 0.6) is 5.88 Å². The highest BCUT2D eigenvalue weighted by Crippen LogP contribution is 2.13. The van der Waals surface area contributed by atoms with Crippen molar-refractivity contribution < 1.29 is 32.3 Å². The zero-order valence-corrected chi connectivity index (χ0v) is 18.8. The average Bonchev–Trinajstić information content (AvgIpc) is 2.73. The molecule has 2 N–H and O–H groups in total. The van der Waals surface area contributed by atoms with Crippen molar-refractivity contribution in [3.8, 4) is 5.88 Å². The lowest BCUT2D eigenvalue weighted by molar-refractivity contribution is -0.118. The Morgan fingerprint density at radius 2 is 1.78 bits per heavy atom. The molecule has 2 amide bonds. The first-order valence-corrected chi connectivity index (χ1v) is 11.3. The number of benzene rings is 1. The smallest absolute Gasteiger partial charge is 0.431 e. The van der Waals surface area contributed by atoms with Crippen molar-refractivity contribution in [3.63, 3.8) is 0 Å². The van der Waals surface area contributed by atoms with Crippen LogP contribution in [0.1, 0.15) is 43.1 Å². The van der Waals surface area contributed by atoms with E-state index in [0.29, 0.717) is 19.4 Å². The molecule has 10 nitrogen and oxygen atoms in total. The monoisotopic (exact) mass is 463 g/mol. The Hall–Kier alpha value is -3.47. The van der Waals surface area contributed by atoms with Crippen LogP contribution in [0.3, 0.4) is 0 Å². The zero-order chi connectivity index (χ0) is 23.7. The first-order valence-electron chi connectivity index (χ1n) is 9.85. The van der Waals surface area contributed by atoms with Gasteiger partial charge in [-0.1, -0.05) is 19.1 Å². The summed E-state index contributed by atoms with van der Waals surface area (Å²) in [7, 11) is -4.11. The fourth-order valence-electron chi connectivity index (χ4n) is 2.39. The Morgan fingerprint density at radius 3 is 2.34 bits per heavy atom. The van der Waals surface area contributed by atoms with Gasteiger partial charge in [0.15, 0.2) is 0 Å². The molecule has 0 unspecified atom stereocenters. The zero-order valence-electron chi connectivity index (χ0n) is 18.0. The fraction of sp³-hybridized carbons (Fsp3) is 0.333. The SMILES string of the molecule is CC[C@@H](C)OC(=O)Oc1ccc(C(=O)NS(=O)(=O)c2ccc(CCNC(C)=O)cc2)cn1. The van der Waals surface area contributed by atoms with Gasteiger partial charge in [-0.2, -0.15) is 0 Å². The highest BCUT2D eigenvalue weighted by Gasteiger charge is 2.19. The largest absolute Gasteiger partial charge is 0.515 e. The lowest BCUT2D eigenvalue weighted by Crippen LogP contribution is -2.30. The normalized spacial score (nSPS) is 11.8. The molecule has 0 fully saturated rings. The molecule has 172 valence electrons. The topological polar surface area (TPSA) is 141 Å². The summed E-state index contributed by atoms with van der Waals surface area (Å²) in [6.07, 6.45) is 1.01. The lowest BCUT2D eigenvalue weighted by atomic mass is 10.1. The van der Waals surface area contributed by atoms with Crippen molar-refractivity contribution in [3.05, 3.63) is 53.7 Å². The molecule has 0 aliphatic rings. The van der Waals surface area contributed by atoms with Crippen LogP contribution >= 0.6 is 0 Å². The number of hydrogen-bond donors (Lipinski definition) is 2. The van der Waals surface area contributed by atoms with Gasteiger partial charge in [0.25, 0.3) is 15.9 Å². The van der Waals surface area contributed by atoms with Gasteiger partial charge in [-0.3, -0.25) is 9.59 Å². The molecular weight excluding hydrogens is 438 g/mol. The number of amides is 2. The standard InChI is InChI=1S/C21H25N3O7S/c1-4-14(2)30-21(27)31-19-10-7-17(13-23-19)20(26)24-32(28,29)18-8-5-16(6-9-18)11-12-22-15(3)25/h5-10,13-14H,4,11-12H2,1-3H3,(H,22,25)(H,24,26)/t14-/m1/s1. The Kier molecular flexibility index (Phi) is 8.71. The van der Waals surface area contributed by atoms with E-state index in [4.69, 9.17) is 9.47 Å². The molecule has 0 radical (unpaired) electrons. The molecule has 32 heavy (non-hydrogen) atoms. The van der Waals surface area contributed by atoms with Gasteiger partial charge in [0.05, 0.1) is 10.5 Å². The molecule has 11 heteroatoms. The summed E-state index contributed by atoms with van der Waals surface area (Å²) in [6, 6.07) is 8.48. The number of hydrogen-bond acceptors (Lipinski definition) is 8. The first kappa shape index (κ1) is 24.8. The molecule has 0 spiro atoms. The van der Waals surface area contributed by atoms with Crippen molar-refractivity contribution in [2.24, 2.45) is 0 Å². The van der Waals surface area contributed by atoms with Crippen molar-refractivity contribution in [2.75, 3.05) is 6.54 Å². The van der Waals surface area contributed by atoms with Crippen molar-refractivity contribution in [1.82, 2.24) is 15.0 Å². The molecule has 2 rings (SSSR count). The van der Waals surface area contributed by atoms with E-state index in [1.165, 1.54) is 31.2 Å². The van der Waals surface area contributed by atoms with Crippen LogP contribution in [0.4, 0.5) is 4.79 Å². The molecule has 1 aromatic heterocycles. The minimum absolute atomic E-state index is 0.0388. The highest BCUT2D eigenvalue weighted by atomic mass is 32.2. The van der Waals surface area contributed by atoms with Crippen LogP contribution < -0.4 is 14.8 Å². The van der Waals surface area contributed by atoms with Gasteiger partial charge in [-0.05, 0) is 43.5 Å². The number of nitrogens with one attached hydrogen (secondary N) is 2. The number of ether oxygens (including phenoxy) is 2. The second kappa shape index (κ2) is 11.2. The number of carbonyl (C=O) groups is 3. The Morgan fingerprint density at radius 1 is 1.09 bits per heavy atom. The maximum atomic E-state index is 12.5. The summed E-state index contributed by atoms with van der Waals surface area (Å²) in [5, 5.41) is 2.65. The summed E-state index contributed by atoms with van der Waals surface area (Å²) in [5.41, 5.74) is 0.791. The van der Waals surface area contributed by atoms with Crippen molar-refractivity contribution in [1.29, 1.82) is 0 Å². The summed E-state index contributed by atoms with van der Waals surface area (Å²) in [6.45, 7) is 5.40. The van der Waals surface area contributed by atoms with Gasteiger partial charge in [0.2, 0.25) is 11.8 Å². The Bertz CT molecular complexity index is 1050. The Balaban J connectivity index is 1.97. The van der Waals surface area contributed by atoms with Gasteiger partial charge in [0.1, 0.15) is 6.10 Å². The molecule has 0 aliphatic carbocycles. The van der Waals surface area contributed by atoms with Gasteiger partial charge in [-0.25, -0.2) is 22.9 Å². The molecule has 0 saturated carbocycles. The second-order valence-corrected chi connectivity index (χ2v) is 8.57. The van der Waals surface area contributed by atoms with Crippen LogP contribution in [0.25, 0.3) is 0 Å². The van der Waals surface area contributed by atoms with E-state index in [-0.39, 0.29) is 28.4 Å². The fourth-order valence-corrected chi connectivity index (χ4v) is 3.36. The summed E-state index contributed by atoms with van der Waals surface area (Å²) < 4.78 is 36.8. The molecular formula is C21H25N3O7S. The van der Waals surface area contributed by atoms with Crippen LogP contribution in [-0.2, 0) is 26.0 Å². The van der Waals surface area contributed by atoms with Gasteiger partial charge >= 0.3 is 6.16 Å². The van der Waals surface area contributed by atoms with Crippen LogP contribution in [0.15, 0.2) is 47.5 Å². The maximum Gasteiger partial charge on any atom is 0.515 e. The van der Waals surface area contributed by atoms with E-state index in [0.717, 1.165) is 11.8 Å². The molecule has 0 saturated heterocycles. The average molecular weight is 464 g/mol. The third kappa shape index (κ3) is 7.65. The molecule has 1 aromatic carbocycles. The summed E-state index contributed by atoms with van der Waals surface area (Å²) >= 11 is 0. The second-order valence-electron chi connectivity index (χ2n) is 6.89. The predicted octanol–water partition coefficient (Wildman–Crippen LogP) is 2.19. The van der Waals surface area contributed by atoms with Gasteiger partial charge in [0, 0.05) is 25.7 Å². The predicted molar refractivity (Wildman–Crippen MR) is 115 cm³/mol. The third-order valence-corrected chi connectivity index (χ3v) is 5.65. The van der Waals surface area contributed by atoms with E-state index in [2.05, 4.69) is 10.3 Å². The van der Waals surface area contributed by atoms with E-state index in [1.807, 2.05) is 11.6 Å². The minimum Gasteiger partial charge on any atom is -0.431 e. The van der Waals surface area contributed by atoms with Crippen LogP contribution in [-0.4, -0.2) is 44.0 Å². The molecule has 0 aliphatic heterocycles. The first-order chi connectivity index (χ1) is 15.1. The number of nitrogens with zero attached hydrogens (tertiary/aromatic N) is 1. The van der Waals surface area contributed by atoms with Crippen LogP contribution in [0, 0.1) is 0 Å². The van der Waals surface area contributed by atoms with Crippen molar-refractivity contribution in [2.45, 2.75) is 44.6 Å². The number of pyridine rings is 1. The maximum absolute atomic E-state index is 12.5. The van der Waals surface area contributed by atoms with Gasteiger partial charge < -0.3 is 14.8 Å².